The Morgan fingerprint density at radius 2 is 0.812 bits per heavy atom. The van der Waals surface area contributed by atoms with E-state index >= 15 is 0 Å². The number of rotatable bonds is 1. The smallest absolute Gasteiger partial charge is 0.0163 e. The Morgan fingerprint density at radius 1 is 0.594 bits per heavy atom. The summed E-state index contributed by atoms with van der Waals surface area (Å²) in [6, 6.07) is 24.0. The van der Waals surface area contributed by atoms with Crippen molar-refractivity contribution in [1.82, 2.24) is 5.32 Å². The molecule has 0 fully saturated rings. The minimum atomic E-state index is 0. The molecule has 0 heterocycles. The lowest BCUT2D eigenvalue weighted by Crippen LogP contribution is -1.89. The standard InChI is InChI=1S/2C6H6.C5H6.C5H10.C2H7N.2C2H6.3CH4/c2*1-2-4-6-5-3-1;1-2-4-5-3-1;1-3-5-4-2;1-3-2;2*1-2;;;/h2*1-6H;1-4H,5H2;3,5H,4H2,1-2H3;3H,1-2H3;2*1-2H3;3*1H4/b;;;5-3-;;;;;;. The molecule has 1 heteroatoms. The van der Waals surface area contributed by atoms with Crippen molar-refractivity contribution in [3.63, 3.8) is 0 Å². The van der Waals surface area contributed by atoms with Crippen LogP contribution in [0, 0.1) is 0 Å². The number of allylic oxidation sites excluding steroid dienone is 6. The van der Waals surface area contributed by atoms with Gasteiger partial charge in [-0.3, -0.25) is 0 Å². The van der Waals surface area contributed by atoms with Gasteiger partial charge in [0.15, 0.2) is 0 Å². The van der Waals surface area contributed by atoms with Gasteiger partial charge in [0.05, 0.1) is 0 Å². The van der Waals surface area contributed by atoms with E-state index in [1.165, 1.54) is 0 Å². The summed E-state index contributed by atoms with van der Waals surface area (Å²) in [6.45, 7) is 12.2. The van der Waals surface area contributed by atoms with Gasteiger partial charge < -0.3 is 5.32 Å². The molecule has 188 valence electrons. The maximum Gasteiger partial charge on any atom is -0.0163 e. The van der Waals surface area contributed by atoms with Crippen molar-refractivity contribution in [2.75, 3.05) is 14.1 Å². The average molecular weight is 446 g/mol. The van der Waals surface area contributed by atoms with Crippen molar-refractivity contribution in [3.05, 3.63) is 109 Å². The highest BCUT2D eigenvalue weighted by Crippen LogP contribution is 1.93. The van der Waals surface area contributed by atoms with Crippen molar-refractivity contribution in [2.45, 2.75) is 76.7 Å². The third kappa shape index (κ3) is 70.9. The van der Waals surface area contributed by atoms with Crippen LogP contribution >= 0.6 is 0 Å². The van der Waals surface area contributed by atoms with Gasteiger partial charge in [-0.25, -0.2) is 0 Å². The van der Waals surface area contributed by atoms with E-state index in [1.807, 2.05) is 122 Å². The van der Waals surface area contributed by atoms with E-state index in [2.05, 4.69) is 48.7 Å². The molecule has 0 saturated heterocycles. The Balaban J connectivity index is -0.0000000465. The number of hydrogen-bond donors (Lipinski definition) is 1. The summed E-state index contributed by atoms with van der Waals surface area (Å²) in [4.78, 5) is 0. The number of hydrogen-bond acceptors (Lipinski definition) is 1. The van der Waals surface area contributed by atoms with E-state index in [9.17, 15) is 0 Å². The first-order chi connectivity index (χ1) is 14.3. The molecule has 3 rings (SSSR count). The fourth-order valence-corrected chi connectivity index (χ4v) is 1.40. The van der Waals surface area contributed by atoms with Crippen LogP contribution in [-0.4, -0.2) is 14.1 Å². The van der Waals surface area contributed by atoms with E-state index in [-0.39, 0.29) is 22.3 Å². The quantitative estimate of drug-likeness (QED) is 0.430. The predicted octanol–water partition coefficient (Wildman–Crippen LogP) is 10.6. The maximum absolute atomic E-state index is 2.75. The monoisotopic (exact) mass is 445 g/mol. The first-order valence-electron chi connectivity index (χ1n) is 10.8. The third-order valence-corrected chi connectivity index (χ3v) is 2.46. The molecule has 0 atom stereocenters. The molecule has 0 unspecified atom stereocenters. The Kier molecular flexibility index (Phi) is 93.3. The Hall–Kier alpha value is -2.38. The fraction of sp³-hybridized carbons (Fsp3) is 0.419. The molecule has 32 heavy (non-hydrogen) atoms. The van der Waals surface area contributed by atoms with Crippen molar-refractivity contribution in [3.8, 4) is 0 Å². The maximum atomic E-state index is 2.75. The van der Waals surface area contributed by atoms with Crippen molar-refractivity contribution in [1.29, 1.82) is 0 Å². The highest BCUT2D eigenvalue weighted by molar-refractivity contribution is 5.12. The summed E-state index contributed by atoms with van der Waals surface area (Å²) in [5, 5.41) is 2.75. The second-order valence-electron chi connectivity index (χ2n) is 4.88. The molecule has 0 aromatic heterocycles. The average Bonchev–Trinajstić information content (AvgIpc) is 3.41. The molecule has 1 aliphatic rings. The lowest BCUT2D eigenvalue weighted by Gasteiger charge is -1.69. The van der Waals surface area contributed by atoms with Gasteiger partial charge in [0.25, 0.3) is 0 Å². The minimum Gasteiger partial charge on any atom is -0.323 e. The van der Waals surface area contributed by atoms with Crippen molar-refractivity contribution in [2.24, 2.45) is 0 Å². The second-order valence-corrected chi connectivity index (χ2v) is 4.88. The molecule has 1 aliphatic carbocycles. The molecule has 1 nitrogen and oxygen atoms in total. The van der Waals surface area contributed by atoms with Crippen LogP contribution in [0.3, 0.4) is 0 Å². The van der Waals surface area contributed by atoms with Crippen LogP contribution in [0.5, 0.6) is 0 Å². The predicted molar refractivity (Wildman–Crippen MR) is 159 cm³/mol. The van der Waals surface area contributed by atoms with Gasteiger partial charge in [-0.1, -0.05) is 166 Å². The van der Waals surface area contributed by atoms with Gasteiger partial charge in [0.1, 0.15) is 0 Å². The Bertz CT molecular complexity index is 404. The molecule has 1 N–H and O–H groups in total. The van der Waals surface area contributed by atoms with Crippen LogP contribution in [0.1, 0.15) is 76.7 Å². The van der Waals surface area contributed by atoms with Gasteiger partial charge in [0, 0.05) is 0 Å². The topological polar surface area (TPSA) is 12.0 Å². The zero-order valence-electron chi connectivity index (χ0n) is 20.3. The largest absolute Gasteiger partial charge is 0.323 e. The SMILES string of the molecule is C.C.C.C/C=C\CC.C1=CCC=C1.CC.CC.CNC.c1ccccc1.c1ccccc1. The van der Waals surface area contributed by atoms with Gasteiger partial charge >= 0.3 is 0 Å². The van der Waals surface area contributed by atoms with Crippen molar-refractivity contribution >= 4 is 0 Å². The molecule has 2 aromatic carbocycles. The zero-order chi connectivity index (χ0) is 22.8. The van der Waals surface area contributed by atoms with Crippen LogP contribution < -0.4 is 5.32 Å². The van der Waals surface area contributed by atoms with Crippen LogP contribution in [0.15, 0.2) is 109 Å². The van der Waals surface area contributed by atoms with Gasteiger partial charge in [-0.2, -0.15) is 0 Å². The third-order valence-electron chi connectivity index (χ3n) is 2.46. The number of benzene rings is 2. The molecule has 0 spiro atoms. The molecule has 0 aliphatic heterocycles. The van der Waals surface area contributed by atoms with E-state index in [0.717, 1.165) is 12.8 Å². The highest BCUT2D eigenvalue weighted by Gasteiger charge is 1.72. The molecule has 0 amide bonds. The number of nitrogens with one attached hydrogen (secondary N) is 1. The first kappa shape index (κ1) is 47.4. The molecule has 2 aromatic rings. The highest BCUT2D eigenvalue weighted by atomic mass is 14.7. The zero-order valence-corrected chi connectivity index (χ0v) is 20.3. The summed E-state index contributed by atoms with van der Waals surface area (Å²) in [6.07, 6.45) is 14.8. The van der Waals surface area contributed by atoms with Crippen LogP contribution in [-0.2, 0) is 0 Å². The van der Waals surface area contributed by atoms with Crippen molar-refractivity contribution < 1.29 is 0 Å². The molecular weight excluding hydrogens is 386 g/mol. The van der Waals surface area contributed by atoms with Gasteiger partial charge in [-0.05, 0) is 33.9 Å². The van der Waals surface area contributed by atoms with Gasteiger partial charge in [-0.15, -0.1) is 0 Å². The fourth-order valence-electron chi connectivity index (χ4n) is 1.40. The molecule has 0 saturated carbocycles. The Labute approximate surface area is 205 Å². The van der Waals surface area contributed by atoms with E-state index in [1.54, 1.807) is 0 Å². The summed E-state index contributed by atoms with van der Waals surface area (Å²) >= 11 is 0. The normalized spacial score (nSPS) is 8.25. The lowest BCUT2D eigenvalue weighted by atomic mass is 10.4. The first-order valence-corrected chi connectivity index (χ1v) is 10.8. The van der Waals surface area contributed by atoms with Gasteiger partial charge in [0.2, 0.25) is 0 Å². The van der Waals surface area contributed by atoms with E-state index in [4.69, 9.17) is 0 Å². The van der Waals surface area contributed by atoms with Crippen LogP contribution in [0.4, 0.5) is 0 Å². The molecule has 0 bridgehead atoms. The molecular formula is C31H59N. The lowest BCUT2D eigenvalue weighted by molar-refractivity contribution is 1.02. The summed E-state index contributed by atoms with van der Waals surface area (Å²) in [5.41, 5.74) is 0. The second kappa shape index (κ2) is 63.0. The van der Waals surface area contributed by atoms with Crippen LogP contribution in [0.25, 0.3) is 0 Å². The van der Waals surface area contributed by atoms with E-state index < -0.39 is 0 Å². The van der Waals surface area contributed by atoms with E-state index in [0.29, 0.717) is 0 Å². The summed E-state index contributed by atoms with van der Waals surface area (Å²) < 4.78 is 0. The summed E-state index contributed by atoms with van der Waals surface area (Å²) in [5.74, 6) is 0. The molecule has 0 radical (unpaired) electrons. The summed E-state index contributed by atoms with van der Waals surface area (Å²) in [7, 11) is 3.75. The Morgan fingerprint density at radius 3 is 0.875 bits per heavy atom. The van der Waals surface area contributed by atoms with Crippen LogP contribution in [0.2, 0.25) is 0 Å². The minimum absolute atomic E-state index is 0.